The minimum Gasteiger partial charge on any atom is -0.490 e. The number of hydrogen-bond donors (Lipinski definition) is 2. The molecule has 0 radical (unpaired) electrons. The minimum atomic E-state index is -0.648. The fraction of sp³-hybridized carbons (Fsp3) is 0.500. The highest BCUT2D eigenvalue weighted by Crippen LogP contribution is 2.38. The third-order valence-corrected chi connectivity index (χ3v) is 2.64. The van der Waals surface area contributed by atoms with Gasteiger partial charge in [0.2, 0.25) is 6.79 Å². The molecule has 0 unspecified atom stereocenters. The average Bonchev–Trinajstić information content (AvgIpc) is 2.81. The Morgan fingerprint density at radius 1 is 1.41 bits per heavy atom. The van der Waals surface area contributed by atoms with E-state index in [1.807, 2.05) is 13.0 Å². The highest BCUT2D eigenvalue weighted by Gasteiger charge is 2.17. The van der Waals surface area contributed by atoms with E-state index in [9.17, 15) is 5.11 Å². The second-order valence-corrected chi connectivity index (χ2v) is 3.87. The van der Waals surface area contributed by atoms with Crippen LogP contribution in [-0.4, -0.2) is 31.2 Å². The lowest BCUT2D eigenvalue weighted by Gasteiger charge is -2.13. The van der Waals surface area contributed by atoms with Crippen molar-refractivity contribution in [2.75, 3.05) is 19.9 Å². The number of aliphatic hydroxyl groups is 1. The largest absolute Gasteiger partial charge is 0.490 e. The minimum absolute atomic E-state index is 0.184. The number of benzene rings is 1. The third kappa shape index (κ3) is 2.62. The first-order valence-electron chi connectivity index (χ1n) is 5.68. The van der Waals surface area contributed by atoms with Crippen molar-refractivity contribution in [3.63, 3.8) is 0 Å². The molecule has 0 fully saturated rings. The van der Waals surface area contributed by atoms with E-state index in [4.69, 9.17) is 19.9 Å². The topological polar surface area (TPSA) is 73.9 Å². The van der Waals surface area contributed by atoms with Gasteiger partial charge in [-0.1, -0.05) is 6.92 Å². The number of aryl methyl sites for hydroxylation is 1. The fourth-order valence-corrected chi connectivity index (χ4v) is 1.63. The fourth-order valence-electron chi connectivity index (χ4n) is 1.63. The average molecular weight is 239 g/mol. The van der Waals surface area contributed by atoms with Gasteiger partial charge in [0.05, 0.1) is 0 Å². The molecule has 5 nitrogen and oxygen atoms in total. The number of hydrogen-bond acceptors (Lipinski definition) is 5. The third-order valence-electron chi connectivity index (χ3n) is 2.64. The van der Waals surface area contributed by atoms with Crippen molar-refractivity contribution < 1.29 is 19.3 Å². The molecule has 0 spiro atoms. The number of ether oxygens (including phenoxy) is 3. The lowest BCUT2D eigenvalue weighted by Crippen LogP contribution is -2.26. The van der Waals surface area contributed by atoms with Gasteiger partial charge >= 0.3 is 0 Å². The molecule has 3 N–H and O–H groups in total. The summed E-state index contributed by atoms with van der Waals surface area (Å²) >= 11 is 0. The summed E-state index contributed by atoms with van der Waals surface area (Å²) in [4.78, 5) is 0. The van der Waals surface area contributed by atoms with E-state index in [1.165, 1.54) is 0 Å². The van der Waals surface area contributed by atoms with Crippen LogP contribution in [0.4, 0.5) is 0 Å². The van der Waals surface area contributed by atoms with Crippen LogP contribution in [0, 0.1) is 0 Å². The summed E-state index contributed by atoms with van der Waals surface area (Å²) in [5.74, 6) is 2.14. The molecule has 17 heavy (non-hydrogen) atoms. The van der Waals surface area contributed by atoms with Gasteiger partial charge in [0.25, 0.3) is 0 Å². The number of aliphatic hydroxyl groups excluding tert-OH is 1. The summed E-state index contributed by atoms with van der Waals surface area (Å²) in [6.07, 6.45) is 0.176. The second kappa shape index (κ2) is 5.25. The molecule has 2 rings (SSSR count). The Labute approximate surface area is 100 Å². The summed E-state index contributed by atoms with van der Waals surface area (Å²) < 4.78 is 16.1. The molecule has 1 aromatic rings. The van der Waals surface area contributed by atoms with Crippen molar-refractivity contribution in [3.05, 3.63) is 17.7 Å². The predicted octanol–water partition coefficient (Wildman–Crippen LogP) is 0.676. The van der Waals surface area contributed by atoms with Gasteiger partial charge in [-0.2, -0.15) is 0 Å². The van der Waals surface area contributed by atoms with Crippen LogP contribution in [-0.2, 0) is 6.42 Å². The van der Waals surface area contributed by atoms with Crippen LogP contribution in [0.5, 0.6) is 17.2 Å². The van der Waals surface area contributed by atoms with Gasteiger partial charge in [0.1, 0.15) is 18.5 Å². The molecule has 0 saturated heterocycles. The first kappa shape index (κ1) is 12.0. The molecule has 1 heterocycles. The standard InChI is InChI=1S/C12H17NO4/c1-2-8-3-11-12(17-7-16-11)4-10(8)15-6-9(14)5-13/h3-4,9,14H,2,5-7,13H2,1H3/t9-/m1/s1. The monoisotopic (exact) mass is 239 g/mol. The predicted molar refractivity (Wildman–Crippen MR) is 62.5 cm³/mol. The molecule has 0 aliphatic carbocycles. The van der Waals surface area contributed by atoms with Gasteiger partial charge in [0, 0.05) is 12.6 Å². The van der Waals surface area contributed by atoms with E-state index in [0.29, 0.717) is 11.5 Å². The number of fused-ring (bicyclic) bond motifs is 1. The molecular formula is C12H17NO4. The quantitative estimate of drug-likeness (QED) is 0.790. The van der Waals surface area contributed by atoms with E-state index < -0.39 is 6.10 Å². The van der Waals surface area contributed by atoms with Crippen LogP contribution in [0.15, 0.2) is 12.1 Å². The smallest absolute Gasteiger partial charge is 0.231 e. The molecule has 0 aromatic heterocycles. The van der Waals surface area contributed by atoms with Crippen molar-refractivity contribution in [2.24, 2.45) is 5.73 Å². The normalized spacial score (nSPS) is 14.8. The van der Waals surface area contributed by atoms with E-state index >= 15 is 0 Å². The van der Waals surface area contributed by atoms with Crippen molar-refractivity contribution in [3.8, 4) is 17.2 Å². The van der Waals surface area contributed by atoms with Crippen LogP contribution in [0.2, 0.25) is 0 Å². The maximum atomic E-state index is 9.37. The van der Waals surface area contributed by atoms with E-state index in [1.54, 1.807) is 6.07 Å². The lowest BCUT2D eigenvalue weighted by atomic mass is 10.1. The van der Waals surface area contributed by atoms with Gasteiger partial charge in [-0.05, 0) is 18.1 Å². The summed E-state index contributed by atoms with van der Waals surface area (Å²) in [6.45, 7) is 2.65. The van der Waals surface area contributed by atoms with Crippen LogP contribution < -0.4 is 19.9 Å². The molecule has 1 aliphatic heterocycles. The molecule has 1 aliphatic rings. The van der Waals surface area contributed by atoms with Crippen LogP contribution in [0.25, 0.3) is 0 Å². The van der Waals surface area contributed by atoms with Gasteiger partial charge in [-0.3, -0.25) is 0 Å². The van der Waals surface area contributed by atoms with E-state index in [2.05, 4.69) is 0 Å². The zero-order chi connectivity index (χ0) is 12.3. The van der Waals surface area contributed by atoms with Gasteiger partial charge in [0.15, 0.2) is 11.5 Å². The molecule has 0 bridgehead atoms. The van der Waals surface area contributed by atoms with Crippen molar-refractivity contribution in [1.82, 2.24) is 0 Å². The zero-order valence-corrected chi connectivity index (χ0v) is 9.81. The second-order valence-electron chi connectivity index (χ2n) is 3.87. The summed E-state index contributed by atoms with van der Waals surface area (Å²) in [7, 11) is 0. The maximum absolute atomic E-state index is 9.37. The Morgan fingerprint density at radius 3 is 2.76 bits per heavy atom. The van der Waals surface area contributed by atoms with Gasteiger partial charge < -0.3 is 25.1 Å². The molecule has 94 valence electrons. The van der Waals surface area contributed by atoms with Crippen LogP contribution >= 0.6 is 0 Å². The highest BCUT2D eigenvalue weighted by atomic mass is 16.7. The van der Waals surface area contributed by atoms with Crippen LogP contribution in [0.1, 0.15) is 12.5 Å². The Kier molecular flexibility index (Phi) is 3.71. The Morgan fingerprint density at radius 2 is 2.12 bits per heavy atom. The summed E-state index contributed by atoms with van der Waals surface area (Å²) in [6, 6.07) is 3.71. The van der Waals surface area contributed by atoms with E-state index in [0.717, 1.165) is 17.7 Å². The highest BCUT2D eigenvalue weighted by molar-refractivity contribution is 5.51. The number of nitrogens with two attached hydrogens (primary N) is 1. The Hall–Kier alpha value is -1.46. The van der Waals surface area contributed by atoms with Crippen LogP contribution in [0.3, 0.4) is 0 Å². The van der Waals surface area contributed by atoms with Gasteiger partial charge in [-0.15, -0.1) is 0 Å². The van der Waals surface area contributed by atoms with Gasteiger partial charge in [-0.25, -0.2) is 0 Å². The summed E-state index contributed by atoms with van der Waals surface area (Å²) in [5.41, 5.74) is 6.35. The van der Waals surface area contributed by atoms with Crippen molar-refractivity contribution in [2.45, 2.75) is 19.4 Å². The Balaban J connectivity index is 2.15. The lowest BCUT2D eigenvalue weighted by molar-refractivity contribution is 0.113. The Bertz CT molecular complexity index is 394. The van der Waals surface area contributed by atoms with E-state index in [-0.39, 0.29) is 19.9 Å². The zero-order valence-electron chi connectivity index (χ0n) is 9.81. The molecular weight excluding hydrogens is 222 g/mol. The summed E-state index contributed by atoms with van der Waals surface area (Å²) in [5, 5.41) is 9.37. The molecule has 0 saturated carbocycles. The van der Waals surface area contributed by atoms with Crippen molar-refractivity contribution in [1.29, 1.82) is 0 Å². The molecule has 5 heteroatoms. The first-order chi connectivity index (χ1) is 8.24. The molecule has 1 atom stereocenters. The molecule has 0 amide bonds. The first-order valence-corrected chi connectivity index (χ1v) is 5.68. The number of rotatable bonds is 5. The SMILES string of the molecule is CCc1cc2c(cc1OC[C@H](O)CN)OCO2. The van der Waals surface area contributed by atoms with Crippen molar-refractivity contribution >= 4 is 0 Å². The molecule has 1 aromatic carbocycles. The maximum Gasteiger partial charge on any atom is 0.231 e.